The molecule has 0 radical (unpaired) electrons. The summed E-state index contributed by atoms with van der Waals surface area (Å²) in [6.07, 6.45) is 0.734. The van der Waals surface area contributed by atoms with E-state index in [1.165, 1.54) is 24.5 Å². The molecule has 0 amide bonds. The molecule has 0 aromatic heterocycles. The van der Waals surface area contributed by atoms with Gasteiger partial charge in [0.15, 0.2) is 0 Å². The molecule has 0 unspecified atom stereocenters. The van der Waals surface area contributed by atoms with Gasteiger partial charge in [0, 0.05) is 13.6 Å². The van der Waals surface area contributed by atoms with Crippen LogP contribution in [0, 0.1) is 0 Å². The molecule has 0 spiro atoms. The van der Waals surface area contributed by atoms with E-state index in [4.69, 9.17) is 9.84 Å². The summed E-state index contributed by atoms with van der Waals surface area (Å²) < 4.78 is 31.0. The summed E-state index contributed by atoms with van der Waals surface area (Å²) >= 11 is 0. The zero-order valence-corrected chi connectivity index (χ0v) is 11.7. The van der Waals surface area contributed by atoms with Crippen LogP contribution in [-0.4, -0.2) is 38.5 Å². The van der Waals surface area contributed by atoms with Gasteiger partial charge in [-0.05, 0) is 24.1 Å². The molecule has 0 saturated heterocycles. The molecule has 18 heavy (non-hydrogen) atoms. The maximum atomic E-state index is 12.3. The van der Waals surface area contributed by atoms with Gasteiger partial charge in [-0.25, -0.2) is 12.7 Å². The van der Waals surface area contributed by atoms with Crippen molar-refractivity contribution < 1.29 is 18.3 Å². The fourth-order valence-corrected chi connectivity index (χ4v) is 3.09. The van der Waals surface area contributed by atoms with E-state index < -0.39 is 10.0 Å². The first-order valence-electron chi connectivity index (χ1n) is 5.71. The van der Waals surface area contributed by atoms with E-state index >= 15 is 0 Å². The quantitative estimate of drug-likeness (QED) is 0.846. The maximum absolute atomic E-state index is 12.3. The second-order valence-corrected chi connectivity index (χ2v) is 5.98. The smallest absolute Gasteiger partial charge is 0.246 e. The van der Waals surface area contributed by atoms with Crippen LogP contribution in [-0.2, 0) is 16.6 Å². The van der Waals surface area contributed by atoms with Gasteiger partial charge in [-0.3, -0.25) is 0 Å². The Labute approximate surface area is 108 Å². The van der Waals surface area contributed by atoms with Crippen LogP contribution in [0.1, 0.15) is 18.9 Å². The highest BCUT2D eigenvalue weighted by atomic mass is 32.2. The summed E-state index contributed by atoms with van der Waals surface area (Å²) in [6, 6.07) is 4.64. The number of rotatable bonds is 6. The molecule has 0 atom stereocenters. The number of hydrogen-bond donors (Lipinski definition) is 1. The third-order valence-corrected chi connectivity index (χ3v) is 4.52. The predicted molar refractivity (Wildman–Crippen MR) is 69.0 cm³/mol. The summed E-state index contributed by atoms with van der Waals surface area (Å²) in [4.78, 5) is 0.0903. The summed E-state index contributed by atoms with van der Waals surface area (Å²) in [6.45, 7) is 2.15. The van der Waals surface area contributed by atoms with Crippen LogP contribution in [0.3, 0.4) is 0 Å². The number of sulfonamides is 1. The van der Waals surface area contributed by atoms with Crippen LogP contribution in [0.5, 0.6) is 5.75 Å². The van der Waals surface area contributed by atoms with Gasteiger partial charge >= 0.3 is 0 Å². The number of aliphatic hydroxyl groups is 1. The number of ether oxygens (including phenoxy) is 1. The highest BCUT2D eigenvalue weighted by molar-refractivity contribution is 7.89. The van der Waals surface area contributed by atoms with E-state index in [2.05, 4.69) is 0 Å². The average molecular weight is 273 g/mol. The molecule has 1 N–H and O–H groups in total. The molecule has 0 fully saturated rings. The summed E-state index contributed by atoms with van der Waals surface area (Å²) in [5, 5.41) is 9.08. The van der Waals surface area contributed by atoms with Crippen molar-refractivity contribution >= 4 is 10.0 Å². The molecule has 6 heteroatoms. The third kappa shape index (κ3) is 3.01. The molecule has 0 heterocycles. The van der Waals surface area contributed by atoms with Crippen LogP contribution in [0.2, 0.25) is 0 Å². The highest BCUT2D eigenvalue weighted by Gasteiger charge is 2.24. The molecule has 0 aliphatic carbocycles. The molecule has 5 nitrogen and oxygen atoms in total. The van der Waals surface area contributed by atoms with Gasteiger partial charge in [0.1, 0.15) is 10.6 Å². The van der Waals surface area contributed by atoms with Crippen molar-refractivity contribution in [1.82, 2.24) is 4.31 Å². The minimum atomic E-state index is -3.58. The normalized spacial score (nSPS) is 11.8. The van der Waals surface area contributed by atoms with Crippen LogP contribution in [0.15, 0.2) is 23.1 Å². The summed E-state index contributed by atoms with van der Waals surface area (Å²) in [5.74, 6) is 0.287. The second kappa shape index (κ2) is 6.17. The lowest BCUT2D eigenvalue weighted by atomic mass is 10.2. The topological polar surface area (TPSA) is 66.8 Å². The summed E-state index contributed by atoms with van der Waals surface area (Å²) in [5.41, 5.74) is 0.541. The molecule has 1 aromatic rings. The maximum Gasteiger partial charge on any atom is 0.246 e. The molecule has 0 bridgehead atoms. The molecule has 0 saturated carbocycles. The second-order valence-electron chi connectivity index (χ2n) is 3.97. The number of aliphatic hydroxyl groups excluding tert-OH is 1. The number of nitrogens with zero attached hydrogens (tertiary/aromatic N) is 1. The van der Waals surface area contributed by atoms with Crippen molar-refractivity contribution in [2.75, 3.05) is 20.7 Å². The van der Waals surface area contributed by atoms with Gasteiger partial charge in [0.25, 0.3) is 0 Å². The fraction of sp³-hybridized carbons (Fsp3) is 0.500. The Balaban J connectivity index is 3.29. The van der Waals surface area contributed by atoms with E-state index in [-0.39, 0.29) is 17.3 Å². The Bertz CT molecular complexity index is 499. The van der Waals surface area contributed by atoms with Crippen molar-refractivity contribution in [2.24, 2.45) is 0 Å². The first-order valence-corrected chi connectivity index (χ1v) is 7.15. The van der Waals surface area contributed by atoms with Gasteiger partial charge in [-0.2, -0.15) is 0 Å². The van der Waals surface area contributed by atoms with E-state index in [0.29, 0.717) is 12.1 Å². The van der Waals surface area contributed by atoms with Gasteiger partial charge in [0.05, 0.1) is 13.7 Å². The van der Waals surface area contributed by atoms with Crippen LogP contribution < -0.4 is 4.74 Å². The fourth-order valence-electron chi connectivity index (χ4n) is 1.62. The number of benzene rings is 1. The predicted octanol–water partition coefficient (Wildman–Crippen LogP) is 1.22. The molecule has 102 valence electrons. The third-order valence-electron chi connectivity index (χ3n) is 2.64. The highest BCUT2D eigenvalue weighted by Crippen LogP contribution is 2.27. The SMILES string of the molecule is CCCN(C)S(=O)(=O)c1cc(CO)ccc1OC. The van der Waals surface area contributed by atoms with Crippen molar-refractivity contribution in [2.45, 2.75) is 24.8 Å². The van der Waals surface area contributed by atoms with Gasteiger partial charge < -0.3 is 9.84 Å². The Hall–Kier alpha value is -1.11. The Morgan fingerprint density at radius 2 is 2.06 bits per heavy atom. The lowest BCUT2D eigenvalue weighted by Crippen LogP contribution is -2.28. The molecular weight excluding hydrogens is 254 g/mol. The lowest BCUT2D eigenvalue weighted by Gasteiger charge is -2.18. The van der Waals surface area contributed by atoms with Gasteiger partial charge in [0.2, 0.25) is 10.0 Å². The van der Waals surface area contributed by atoms with E-state index in [9.17, 15) is 8.42 Å². The molecule has 0 aliphatic heterocycles. The average Bonchev–Trinajstić information content (AvgIpc) is 2.38. The van der Waals surface area contributed by atoms with E-state index in [1.54, 1.807) is 12.1 Å². The number of hydrogen-bond acceptors (Lipinski definition) is 4. The van der Waals surface area contributed by atoms with E-state index in [0.717, 1.165) is 6.42 Å². The Morgan fingerprint density at radius 3 is 2.56 bits per heavy atom. The van der Waals surface area contributed by atoms with Gasteiger partial charge in [-0.15, -0.1) is 0 Å². The molecular formula is C12H19NO4S. The monoisotopic (exact) mass is 273 g/mol. The van der Waals surface area contributed by atoms with E-state index in [1.807, 2.05) is 6.92 Å². The largest absolute Gasteiger partial charge is 0.495 e. The van der Waals surface area contributed by atoms with Crippen molar-refractivity contribution in [3.8, 4) is 5.75 Å². The number of methoxy groups -OCH3 is 1. The summed E-state index contributed by atoms with van der Waals surface area (Å²) in [7, 11) is -0.624. The minimum absolute atomic E-state index is 0.0903. The van der Waals surface area contributed by atoms with Crippen LogP contribution in [0.25, 0.3) is 0 Å². The molecule has 1 aromatic carbocycles. The van der Waals surface area contributed by atoms with Crippen molar-refractivity contribution in [1.29, 1.82) is 0 Å². The molecule has 1 rings (SSSR count). The Morgan fingerprint density at radius 1 is 1.39 bits per heavy atom. The Kier molecular flexibility index (Phi) is 5.13. The zero-order valence-electron chi connectivity index (χ0n) is 10.9. The lowest BCUT2D eigenvalue weighted by molar-refractivity contribution is 0.281. The van der Waals surface area contributed by atoms with Crippen molar-refractivity contribution in [3.63, 3.8) is 0 Å². The minimum Gasteiger partial charge on any atom is -0.495 e. The van der Waals surface area contributed by atoms with Gasteiger partial charge in [-0.1, -0.05) is 13.0 Å². The standard InChI is InChI=1S/C12H19NO4S/c1-4-7-13(2)18(15,16)12-8-10(9-14)5-6-11(12)17-3/h5-6,8,14H,4,7,9H2,1-3H3. The first kappa shape index (κ1) is 14.9. The zero-order chi connectivity index (χ0) is 13.8. The molecule has 0 aliphatic rings. The first-order chi connectivity index (χ1) is 8.47. The van der Waals surface area contributed by atoms with Crippen LogP contribution in [0.4, 0.5) is 0 Å². The van der Waals surface area contributed by atoms with Crippen LogP contribution >= 0.6 is 0 Å². The van der Waals surface area contributed by atoms with Crippen molar-refractivity contribution in [3.05, 3.63) is 23.8 Å².